The van der Waals surface area contributed by atoms with Crippen molar-refractivity contribution in [1.82, 2.24) is 10.2 Å². The fourth-order valence-electron chi connectivity index (χ4n) is 3.82. The molecule has 0 saturated carbocycles. The number of amides is 2. The van der Waals surface area contributed by atoms with Gasteiger partial charge >= 0.3 is 0 Å². The molecule has 154 valence electrons. The summed E-state index contributed by atoms with van der Waals surface area (Å²) >= 11 is 0. The second-order valence-corrected chi connectivity index (χ2v) is 7.84. The third-order valence-electron chi connectivity index (χ3n) is 5.81. The van der Waals surface area contributed by atoms with Crippen molar-refractivity contribution in [3.8, 4) is 0 Å². The minimum atomic E-state index is -0.434. The number of carbonyl (C=O) groups excluding carboxylic acids is 2. The summed E-state index contributed by atoms with van der Waals surface area (Å²) < 4.78 is 11.2. The first-order chi connectivity index (χ1) is 13.4. The van der Waals surface area contributed by atoms with Crippen molar-refractivity contribution in [2.75, 3.05) is 52.3 Å². The summed E-state index contributed by atoms with van der Waals surface area (Å²) in [4.78, 5) is 29.0. The quantitative estimate of drug-likeness (QED) is 0.801. The molecule has 1 N–H and O–H groups in total. The first kappa shape index (κ1) is 20.6. The number of anilines is 1. The van der Waals surface area contributed by atoms with Crippen LogP contribution in [0.2, 0.25) is 0 Å². The SMILES string of the molecule is COC1(CNC(=O)[C@H]2CCCO2)CCN(C(=O)c2cccc(N(C)C)c2)CC1. The van der Waals surface area contributed by atoms with E-state index in [9.17, 15) is 9.59 Å². The van der Waals surface area contributed by atoms with Crippen molar-refractivity contribution in [3.05, 3.63) is 29.8 Å². The third-order valence-corrected chi connectivity index (χ3v) is 5.81. The third kappa shape index (κ3) is 4.64. The molecule has 7 heteroatoms. The average molecular weight is 389 g/mol. The number of nitrogens with zero attached hydrogens (tertiary/aromatic N) is 2. The molecular formula is C21H31N3O4. The van der Waals surface area contributed by atoms with E-state index in [1.807, 2.05) is 48.2 Å². The van der Waals surface area contributed by atoms with E-state index < -0.39 is 5.60 Å². The van der Waals surface area contributed by atoms with Crippen LogP contribution < -0.4 is 10.2 Å². The first-order valence-corrected chi connectivity index (χ1v) is 9.95. The Hall–Kier alpha value is -2.12. The largest absolute Gasteiger partial charge is 0.378 e. The number of rotatable bonds is 6. The molecule has 2 aliphatic rings. The molecule has 28 heavy (non-hydrogen) atoms. The van der Waals surface area contributed by atoms with Gasteiger partial charge in [-0.05, 0) is 43.9 Å². The fraction of sp³-hybridized carbons (Fsp3) is 0.619. The van der Waals surface area contributed by atoms with E-state index in [1.165, 1.54) is 0 Å². The molecule has 0 aromatic heterocycles. The van der Waals surface area contributed by atoms with Crippen LogP contribution in [0.4, 0.5) is 5.69 Å². The molecule has 7 nitrogen and oxygen atoms in total. The van der Waals surface area contributed by atoms with Crippen molar-refractivity contribution >= 4 is 17.5 Å². The molecule has 0 spiro atoms. The normalized spacial score (nSPS) is 21.4. The molecule has 2 aliphatic heterocycles. The van der Waals surface area contributed by atoms with Crippen LogP contribution in [0.25, 0.3) is 0 Å². The molecule has 1 aromatic rings. The van der Waals surface area contributed by atoms with E-state index in [4.69, 9.17) is 9.47 Å². The van der Waals surface area contributed by atoms with Gasteiger partial charge in [0, 0.05) is 58.7 Å². The lowest BCUT2D eigenvalue weighted by molar-refractivity contribution is -0.132. The molecule has 0 unspecified atom stereocenters. The Morgan fingerprint density at radius 2 is 2.07 bits per heavy atom. The van der Waals surface area contributed by atoms with E-state index in [0.29, 0.717) is 44.6 Å². The number of hydrogen-bond donors (Lipinski definition) is 1. The van der Waals surface area contributed by atoms with E-state index in [0.717, 1.165) is 18.5 Å². The van der Waals surface area contributed by atoms with Crippen molar-refractivity contribution in [1.29, 1.82) is 0 Å². The molecule has 0 aliphatic carbocycles. The van der Waals surface area contributed by atoms with Gasteiger partial charge in [0.25, 0.3) is 5.91 Å². The van der Waals surface area contributed by atoms with Crippen LogP contribution in [0.3, 0.4) is 0 Å². The Bertz CT molecular complexity index is 693. The number of carbonyl (C=O) groups is 2. The zero-order valence-corrected chi connectivity index (χ0v) is 17.1. The minimum absolute atomic E-state index is 0.0387. The summed E-state index contributed by atoms with van der Waals surface area (Å²) in [5, 5.41) is 2.98. The van der Waals surface area contributed by atoms with Gasteiger partial charge in [-0.25, -0.2) is 0 Å². The number of piperidine rings is 1. The molecule has 3 rings (SSSR count). The van der Waals surface area contributed by atoms with Crippen molar-refractivity contribution in [3.63, 3.8) is 0 Å². The number of nitrogens with one attached hydrogen (secondary N) is 1. The van der Waals surface area contributed by atoms with Gasteiger partial charge in [-0.3, -0.25) is 9.59 Å². The van der Waals surface area contributed by atoms with Crippen LogP contribution in [0.1, 0.15) is 36.0 Å². The maximum atomic E-state index is 12.9. The Balaban J connectivity index is 1.56. The van der Waals surface area contributed by atoms with Gasteiger partial charge in [0.1, 0.15) is 6.10 Å². The van der Waals surface area contributed by atoms with Gasteiger partial charge in [0.05, 0.1) is 5.60 Å². The van der Waals surface area contributed by atoms with Gasteiger partial charge in [-0.2, -0.15) is 0 Å². The van der Waals surface area contributed by atoms with Crippen LogP contribution in [0.15, 0.2) is 24.3 Å². The van der Waals surface area contributed by atoms with Crippen LogP contribution in [-0.2, 0) is 14.3 Å². The van der Waals surface area contributed by atoms with Gasteiger partial charge in [-0.1, -0.05) is 6.07 Å². The Labute approximate surface area is 167 Å². The molecule has 2 saturated heterocycles. The molecule has 0 radical (unpaired) electrons. The lowest BCUT2D eigenvalue weighted by Gasteiger charge is -2.41. The average Bonchev–Trinajstić information content (AvgIpc) is 3.27. The molecule has 2 fully saturated rings. The molecule has 2 amide bonds. The molecule has 2 heterocycles. The summed E-state index contributed by atoms with van der Waals surface area (Å²) in [6, 6.07) is 7.67. The van der Waals surface area contributed by atoms with Gasteiger partial charge in [-0.15, -0.1) is 0 Å². The van der Waals surface area contributed by atoms with E-state index in [1.54, 1.807) is 7.11 Å². The monoisotopic (exact) mass is 389 g/mol. The molecule has 0 bridgehead atoms. The van der Waals surface area contributed by atoms with Crippen LogP contribution in [0, 0.1) is 0 Å². The molecule has 1 aromatic carbocycles. The standard InChI is InChI=1S/C21H31N3O4/c1-23(2)17-7-4-6-16(14-17)20(26)24-11-9-21(27-3,10-12-24)15-22-19(25)18-8-5-13-28-18/h4,6-7,14,18H,5,8-13,15H2,1-3H3,(H,22,25)/t18-/m1/s1. The van der Waals surface area contributed by atoms with Crippen molar-refractivity contribution in [2.24, 2.45) is 0 Å². The predicted molar refractivity (Wildman–Crippen MR) is 108 cm³/mol. The lowest BCUT2D eigenvalue weighted by atomic mass is 9.90. The second kappa shape index (κ2) is 8.92. The smallest absolute Gasteiger partial charge is 0.253 e. The predicted octanol–water partition coefficient (Wildman–Crippen LogP) is 1.67. The summed E-state index contributed by atoms with van der Waals surface area (Å²) in [5.74, 6) is -0.0234. The summed E-state index contributed by atoms with van der Waals surface area (Å²) in [6.07, 6.45) is 2.75. The van der Waals surface area contributed by atoms with E-state index in [-0.39, 0.29) is 17.9 Å². The zero-order valence-electron chi connectivity index (χ0n) is 17.1. The minimum Gasteiger partial charge on any atom is -0.378 e. The number of benzene rings is 1. The topological polar surface area (TPSA) is 71.1 Å². The number of hydrogen-bond acceptors (Lipinski definition) is 5. The highest BCUT2D eigenvalue weighted by Crippen LogP contribution is 2.27. The Morgan fingerprint density at radius 1 is 1.32 bits per heavy atom. The van der Waals surface area contributed by atoms with E-state index in [2.05, 4.69) is 5.32 Å². The highest BCUT2D eigenvalue weighted by Gasteiger charge is 2.37. The highest BCUT2D eigenvalue weighted by atomic mass is 16.5. The number of likely N-dealkylation sites (tertiary alicyclic amines) is 1. The Kier molecular flexibility index (Phi) is 6.57. The van der Waals surface area contributed by atoms with Crippen molar-refractivity contribution < 1.29 is 19.1 Å². The number of methoxy groups -OCH3 is 1. The van der Waals surface area contributed by atoms with Gasteiger partial charge in [0.15, 0.2) is 0 Å². The van der Waals surface area contributed by atoms with Crippen LogP contribution in [0.5, 0.6) is 0 Å². The first-order valence-electron chi connectivity index (χ1n) is 9.95. The van der Waals surface area contributed by atoms with Crippen LogP contribution in [-0.4, -0.2) is 75.9 Å². The van der Waals surface area contributed by atoms with Crippen LogP contribution >= 0.6 is 0 Å². The van der Waals surface area contributed by atoms with Gasteiger partial charge < -0.3 is 24.6 Å². The number of ether oxygens (including phenoxy) is 2. The Morgan fingerprint density at radius 3 is 2.68 bits per heavy atom. The highest BCUT2D eigenvalue weighted by molar-refractivity contribution is 5.95. The summed E-state index contributed by atoms with van der Waals surface area (Å²) in [6.45, 7) is 2.31. The zero-order chi connectivity index (χ0) is 20.1. The summed E-state index contributed by atoms with van der Waals surface area (Å²) in [7, 11) is 5.60. The van der Waals surface area contributed by atoms with Crippen molar-refractivity contribution in [2.45, 2.75) is 37.4 Å². The molecular weight excluding hydrogens is 358 g/mol. The van der Waals surface area contributed by atoms with Gasteiger partial charge in [0.2, 0.25) is 5.91 Å². The fourth-order valence-corrected chi connectivity index (χ4v) is 3.82. The second-order valence-electron chi connectivity index (χ2n) is 7.84. The van der Waals surface area contributed by atoms with E-state index >= 15 is 0 Å². The maximum Gasteiger partial charge on any atom is 0.253 e. The summed E-state index contributed by atoms with van der Waals surface area (Å²) in [5.41, 5.74) is 1.27. The molecule has 1 atom stereocenters. The lowest BCUT2D eigenvalue weighted by Crippen LogP contribution is -2.54. The maximum absolute atomic E-state index is 12.9.